The Bertz CT molecular complexity index is 1610. The summed E-state index contributed by atoms with van der Waals surface area (Å²) in [5.74, 6) is 0. The second-order valence-corrected chi connectivity index (χ2v) is 8.51. The first-order valence-electron chi connectivity index (χ1n) is 11.9. The summed E-state index contributed by atoms with van der Waals surface area (Å²) in [5, 5.41) is 0. The van der Waals surface area contributed by atoms with Crippen molar-refractivity contribution in [2.24, 2.45) is 0 Å². The molecule has 0 atom stereocenters. The highest BCUT2D eigenvalue weighted by atomic mass is 14.7. The third kappa shape index (κ3) is 4.08. The van der Waals surface area contributed by atoms with E-state index in [4.69, 9.17) is 0 Å². The van der Waals surface area contributed by atoms with Gasteiger partial charge in [0.25, 0.3) is 0 Å². The molecule has 6 aromatic rings. The topological polar surface area (TPSA) is 38.7 Å². The van der Waals surface area contributed by atoms with Crippen LogP contribution in [0.2, 0.25) is 0 Å². The van der Waals surface area contributed by atoms with Crippen LogP contribution in [0.25, 0.3) is 55.8 Å². The van der Waals surface area contributed by atoms with E-state index in [1.807, 2.05) is 49.2 Å². The van der Waals surface area contributed by atoms with Crippen molar-refractivity contribution in [3.05, 3.63) is 140 Å². The van der Waals surface area contributed by atoms with Crippen molar-refractivity contribution in [2.75, 3.05) is 0 Å². The van der Waals surface area contributed by atoms with Gasteiger partial charge in [-0.3, -0.25) is 15.0 Å². The van der Waals surface area contributed by atoms with Crippen molar-refractivity contribution in [3.8, 4) is 55.8 Å². The van der Waals surface area contributed by atoms with Crippen LogP contribution in [-0.4, -0.2) is 15.0 Å². The Hall–Kier alpha value is -4.89. The van der Waals surface area contributed by atoms with Gasteiger partial charge in [-0.15, -0.1) is 0 Å². The van der Waals surface area contributed by atoms with Crippen LogP contribution in [0.15, 0.2) is 140 Å². The first-order chi connectivity index (χ1) is 17.9. The average Bonchev–Trinajstić information content (AvgIpc) is 2.98. The van der Waals surface area contributed by atoms with Crippen LogP contribution in [0.4, 0.5) is 0 Å². The van der Waals surface area contributed by atoms with E-state index in [1.54, 1.807) is 0 Å². The lowest BCUT2D eigenvalue weighted by Gasteiger charge is -2.20. The van der Waals surface area contributed by atoms with Gasteiger partial charge in [-0.2, -0.15) is 0 Å². The molecule has 3 heteroatoms. The number of hydrogen-bond acceptors (Lipinski definition) is 3. The number of rotatable bonds is 5. The molecule has 3 aromatic heterocycles. The van der Waals surface area contributed by atoms with E-state index in [2.05, 4.69) is 106 Å². The molecule has 3 nitrogen and oxygen atoms in total. The lowest BCUT2D eigenvalue weighted by atomic mass is 9.83. The third-order valence-corrected chi connectivity index (χ3v) is 6.38. The Morgan fingerprint density at radius 1 is 0.361 bits per heavy atom. The van der Waals surface area contributed by atoms with Crippen molar-refractivity contribution >= 4 is 0 Å². The highest BCUT2D eigenvalue weighted by Gasteiger charge is 2.19. The smallest absolute Gasteiger partial charge is 0.0708 e. The number of benzene rings is 3. The van der Waals surface area contributed by atoms with Crippen LogP contribution in [0.5, 0.6) is 0 Å². The number of nitrogens with zero attached hydrogens (tertiary/aromatic N) is 3. The minimum atomic E-state index is 0.953. The molecule has 0 saturated carbocycles. The summed E-state index contributed by atoms with van der Waals surface area (Å²) in [7, 11) is 0. The Balaban J connectivity index is 1.68. The van der Waals surface area contributed by atoms with Gasteiger partial charge in [-0.05, 0) is 69.3 Å². The van der Waals surface area contributed by atoms with Crippen molar-refractivity contribution in [2.45, 2.75) is 0 Å². The lowest BCUT2D eigenvalue weighted by molar-refractivity contribution is 1.32. The second-order valence-electron chi connectivity index (χ2n) is 8.51. The van der Waals surface area contributed by atoms with Gasteiger partial charge < -0.3 is 0 Å². The summed E-state index contributed by atoms with van der Waals surface area (Å²) in [6, 6.07) is 37.9. The van der Waals surface area contributed by atoms with E-state index in [-0.39, 0.29) is 0 Å². The quantitative estimate of drug-likeness (QED) is 0.260. The van der Waals surface area contributed by atoms with E-state index < -0.39 is 0 Å². The van der Waals surface area contributed by atoms with Crippen LogP contribution in [0.1, 0.15) is 0 Å². The van der Waals surface area contributed by atoms with Crippen LogP contribution >= 0.6 is 0 Å². The molecule has 0 aliphatic carbocycles. The molecule has 0 radical (unpaired) electrons. The Labute approximate surface area is 210 Å². The van der Waals surface area contributed by atoms with Gasteiger partial charge in [0.15, 0.2) is 0 Å². The largest absolute Gasteiger partial charge is 0.265 e. The zero-order chi connectivity index (χ0) is 24.2. The molecule has 36 heavy (non-hydrogen) atoms. The van der Waals surface area contributed by atoms with Crippen molar-refractivity contribution < 1.29 is 0 Å². The first-order valence-corrected chi connectivity index (χ1v) is 11.9. The van der Waals surface area contributed by atoms with Crippen molar-refractivity contribution in [3.63, 3.8) is 0 Å². The predicted octanol–water partition coefficient (Wildman–Crippen LogP) is 8.21. The maximum absolute atomic E-state index is 4.67. The molecule has 6 rings (SSSR count). The molecular formula is C33H23N3. The second kappa shape index (κ2) is 9.77. The molecule has 0 fully saturated rings. The first kappa shape index (κ1) is 21.6. The molecule has 0 saturated heterocycles. The number of pyridine rings is 3. The van der Waals surface area contributed by atoms with Gasteiger partial charge in [-0.25, -0.2) is 0 Å². The van der Waals surface area contributed by atoms with Gasteiger partial charge in [-0.1, -0.05) is 78.9 Å². The van der Waals surface area contributed by atoms with Crippen molar-refractivity contribution in [1.82, 2.24) is 15.0 Å². The minimum absolute atomic E-state index is 0.953. The van der Waals surface area contributed by atoms with E-state index in [0.29, 0.717) is 0 Å². The molecule has 0 amide bonds. The summed E-state index contributed by atoms with van der Waals surface area (Å²) in [6.45, 7) is 0. The standard InChI is InChI=1S/C33H23N3/c1-4-13-30(26(10-1)25-9-8-19-35-23-25)33-27(24-17-21-34-22-18-24)14-7-15-31(33)28-11-2-3-12-29(28)32-16-5-6-20-36-32/h1-23H. The highest BCUT2D eigenvalue weighted by molar-refractivity contribution is 6.01. The predicted molar refractivity (Wildman–Crippen MR) is 147 cm³/mol. The maximum atomic E-state index is 4.67. The van der Waals surface area contributed by atoms with Crippen LogP contribution < -0.4 is 0 Å². The van der Waals surface area contributed by atoms with Gasteiger partial charge in [0.2, 0.25) is 0 Å². The molecule has 0 bridgehead atoms. The fourth-order valence-electron chi connectivity index (χ4n) is 4.78. The zero-order valence-corrected chi connectivity index (χ0v) is 19.6. The maximum Gasteiger partial charge on any atom is 0.0708 e. The molecular weight excluding hydrogens is 438 g/mol. The molecule has 0 N–H and O–H groups in total. The summed E-state index contributed by atoms with van der Waals surface area (Å²) in [6.07, 6.45) is 9.28. The summed E-state index contributed by atoms with van der Waals surface area (Å²) in [4.78, 5) is 13.3. The average molecular weight is 462 g/mol. The highest BCUT2D eigenvalue weighted by Crippen LogP contribution is 2.45. The molecule has 3 aromatic carbocycles. The number of hydrogen-bond donors (Lipinski definition) is 0. The minimum Gasteiger partial charge on any atom is -0.265 e. The summed E-state index contributed by atoms with van der Waals surface area (Å²) in [5.41, 5.74) is 11.2. The molecule has 0 aliphatic heterocycles. The zero-order valence-electron chi connectivity index (χ0n) is 19.6. The van der Waals surface area contributed by atoms with Gasteiger partial charge >= 0.3 is 0 Å². The molecule has 3 heterocycles. The van der Waals surface area contributed by atoms with Gasteiger partial charge in [0, 0.05) is 42.1 Å². The van der Waals surface area contributed by atoms with E-state index in [1.165, 1.54) is 5.56 Å². The number of aromatic nitrogens is 3. The van der Waals surface area contributed by atoms with Crippen molar-refractivity contribution in [1.29, 1.82) is 0 Å². The lowest BCUT2D eigenvalue weighted by Crippen LogP contribution is -1.95. The van der Waals surface area contributed by atoms with Crippen LogP contribution in [0, 0.1) is 0 Å². The SMILES string of the molecule is c1ccc(-c2ccccc2-c2cccc(-c3ccncc3)c2-c2ccccc2-c2cccnc2)nc1. The van der Waals surface area contributed by atoms with E-state index in [9.17, 15) is 0 Å². The molecule has 0 unspecified atom stereocenters. The summed E-state index contributed by atoms with van der Waals surface area (Å²) >= 11 is 0. The fourth-order valence-corrected chi connectivity index (χ4v) is 4.78. The van der Waals surface area contributed by atoms with E-state index in [0.717, 1.165) is 50.2 Å². The normalized spacial score (nSPS) is 10.8. The molecule has 0 aliphatic rings. The van der Waals surface area contributed by atoms with Gasteiger partial charge in [0.1, 0.15) is 0 Å². The monoisotopic (exact) mass is 461 g/mol. The third-order valence-electron chi connectivity index (χ3n) is 6.38. The van der Waals surface area contributed by atoms with E-state index >= 15 is 0 Å². The Kier molecular flexibility index (Phi) is 5.87. The van der Waals surface area contributed by atoms with Crippen LogP contribution in [-0.2, 0) is 0 Å². The molecule has 0 spiro atoms. The fraction of sp³-hybridized carbons (Fsp3) is 0. The van der Waals surface area contributed by atoms with Gasteiger partial charge in [0.05, 0.1) is 5.69 Å². The Morgan fingerprint density at radius 3 is 1.81 bits per heavy atom. The molecule has 170 valence electrons. The Morgan fingerprint density at radius 2 is 1.06 bits per heavy atom. The summed E-state index contributed by atoms with van der Waals surface area (Å²) < 4.78 is 0. The van der Waals surface area contributed by atoms with Crippen LogP contribution in [0.3, 0.4) is 0 Å².